The molecule has 7 heteroatoms. The van der Waals surface area contributed by atoms with E-state index in [9.17, 15) is 4.79 Å². The first-order valence-corrected chi connectivity index (χ1v) is 9.22. The largest absolute Gasteiger partial charge is 0.471 e. The zero-order valence-electron chi connectivity index (χ0n) is 13.8. The van der Waals surface area contributed by atoms with Crippen LogP contribution in [0.3, 0.4) is 0 Å². The fraction of sp³-hybridized carbons (Fsp3) is 0.211. The average molecular weight is 411 g/mol. The molecule has 2 heterocycles. The number of hydrogen-bond acceptors (Lipinski definition) is 4. The third-order valence-electron chi connectivity index (χ3n) is 4.47. The van der Waals surface area contributed by atoms with E-state index in [1.165, 1.54) is 6.07 Å². The van der Waals surface area contributed by atoms with Crippen LogP contribution in [0.25, 0.3) is 11.0 Å². The third kappa shape index (κ3) is 2.92. The normalized spacial score (nSPS) is 13.6. The predicted octanol–water partition coefficient (Wildman–Crippen LogP) is 5.67. The first kappa shape index (κ1) is 17.5. The van der Waals surface area contributed by atoms with Crippen LogP contribution in [0.1, 0.15) is 18.1 Å². The second-order valence-corrected chi connectivity index (χ2v) is 7.30. The molecule has 1 aliphatic rings. The van der Waals surface area contributed by atoms with Gasteiger partial charge in [0, 0.05) is 16.5 Å². The molecule has 0 bridgehead atoms. The quantitative estimate of drug-likeness (QED) is 0.510. The maximum absolute atomic E-state index is 12.0. The Morgan fingerprint density at radius 1 is 1.12 bits per heavy atom. The van der Waals surface area contributed by atoms with Crippen molar-refractivity contribution in [2.75, 3.05) is 11.6 Å². The molecule has 0 atom stereocenters. The van der Waals surface area contributed by atoms with Gasteiger partial charge in [-0.25, -0.2) is 4.79 Å². The van der Waals surface area contributed by atoms with Crippen molar-refractivity contribution < 1.29 is 9.15 Å². The van der Waals surface area contributed by atoms with E-state index in [0.717, 1.165) is 22.2 Å². The molecule has 3 aromatic rings. The van der Waals surface area contributed by atoms with E-state index in [1.807, 2.05) is 17.9 Å². The van der Waals surface area contributed by atoms with Crippen molar-refractivity contribution in [2.24, 2.45) is 0 Å². The van der Waals surface area contributed by atoms with E-state index in [1.54, 1.807) is 18.2 Å². The summed E-state index contributed by atoms with van der Waals surface area (Å²) in [7, 11) is 0. The monoisotopic (exact) mass is 409 g/mol. The van der Waals surface area contributed by atoms with Gasteiger partial charge in [-0.15, -0.1) is 0 Å². The van der Waals surface area contributed by atoms with Crippen molar-refractivity contribution in [3.8, 4) is 5.75 Å². The van der Waals surface area contributed by atoms with Crippen LogP contribution in [-0.4, -0.2) is 6.73 Å². The Kier molecular flexibility index (Phi) is 4.51. The molecule has 0 unspecified atom stereocenters. The minimum absolute atomic E-state index is 0.275. The van der Waals surface area contributed by atoms with Crippen molar-refractivity contribution in [3.63, 3.8) is 0 Å². The molecule has 26 heavy (non-hydrogen) atoms. The lowest BCUT2D eigenvalue weighted by Gasteiger charge is -2.32. The lowest BCUT2D eigenvalue weighted by Crippen LogP contribution is -2.32. The standard InChI is InChI=1S/C19H14Cl3NO3/c1-2-10-5-17(24)26-18-12(10)7-15(22)19-13(18)8-23(9-25-19)16-4-3-11(20)6-14(16)21/h3-7H,2,8-9H2,1H3. The molecule has 0 amide bonds. The Labute approximate surface area is 164 Å². The van der Waals surface area contributed by atoms with Crippen LogP contribution >= 0.6 is 34.8 Å². The summed E-state index contributed by atoms with van der Waals surface area (Å²) in [6, 6.07) is 8.58. The number of fused-ring (bicyclic) bond motifs is 3. The number of benzene rings is 2. The molecule has 1 aliphatic heterocycles. The van der Waals surface area contributed by atoms with E-state index >= 15 is 0 Å². The summed E-state index contributed by atoms with van der Waals surface area (Å²) >= 11 is 18.7. The van der Waals surface area contributed by atoms with Crippen LogP contribution in [0, 0.1) is 0 Å². The SMILES string of the molecule is CCc1cc(=O)oc2c3c(c(Cl)cc12)OCN(c1ccc(Cl)cc1Cl)C3. The number of halogens is 3. The Morgan fingerprint density at radius 3 is 2.65 bits per heavy atom. The molecule has 0 saturated carbocycles. The predicted molar refractivity (Wildman–Crippen MR) is 105 cm³/mol. The van der Waals surface area contributed by atoms with Crippen LogP contribution < -0.4 is 15.3 Å². The van der Waals surface area contributed by atoms with Crippen molar-refractivity contribution in [1.29, 1.82) is 0 Å². The molecule has 1 aromatic heterocycles. The van der Waals surface area contributed by atoms with Crippen molar-refractivity contribution in [1.82, 2.24) is 0 Å². The smallest absolute Gasteiger partial charge is 0.336 e. The Hall–Kier alpha value is -1.88. The van der Waals surface area contributed by atoms with E-state index in [2.05, 4.69) is 0 Å². The van der Waals surface area contributed by atoms with Crippen molar-refractivity contribution in [2.45, 2.75) is 19.9 Å². The van der Waals surface area contributed by atoms with Gasteiger partial charge in [0.15, 0.2) is 6.73 Å². The van der Waals surface area contributed by atoms with Gasteiger partial charge in [-0.3, -0.25) is 0 Å². The second-order valence-electron chi connectivity index (χ2n) is 6.05. The van der Waals surface area contributed by atoms with Crippen molar-refractivity contribution in [3.05, 3.63) is 66.9 Å². The maximum Gasteiger partial charge on any atom is 0.336 e. The zero-order chi connectivity index (χ0) is 18.4. The number of nitrogens with zero attached hydrogens (tertiary/aromatic N) is 1. The highest BCUT2D eigenvalue weighted by atomic mass is 35.5. The highest BCUT2D eigenvalue weighted by Crippen LogP contribution is 2.41. The molecule has 134 valence electrons. The molecule has 4 nitrogen and oxygen atoms in total. The minimum atomic E-state index is -0.388. The summed E-state index contributed by atoms with van der Waals surface area (Å²) in [5.74, 6) is 0.539. The summed E-state index contributed by atoms with van der Waals surface area (Å²) in [6.45, 7) is 2.71. The van der Waals surface area contributed by atoms with Gasteiger partial charge in [-0.2, -0.15) is 0 Å². The van der Waals surface area contributed by atoms with Gasteiger partial charge in [0.2, 0.25) is 0 Å². The Balaban J connectivity index is 1.89. The number of hydrogen-bond donors (Lipinski definition) is 0. The van der Waals surface area contributed by atoms with Gasteiger partial charge >= 0.3 is 5.63 Å². The summed E-state index contributed by atoms with van der Waals surface area (Å²) in [5, 5.41) is 2.40. The van der Waals surface area contributed by atoms with E-state index in [0.29, 0.717) is 39.4 Å². The molecule has 4 rings (SSSR count). The summed E-state index contributed by atoms with van der Waals surface area (Å²) in [5.41, 5.74) is 2.52. The molecule has 0 saturated heterocycles. The zero-order valence-corrected chi connectivity index (χ0v) is 16.1. The summed E-state index contributed by atoms with van der Waals surface area (Å²) in [4.78, 5) is 13.9. The van der Waals surface area contributed by atoms with Gasteiger partial charge in [-0.05, 0) is 36.2 Å². The number of ether oxygens (including phenoxy) is 1. The lowest BCUT2D eigenvalue weighted by atomic mass is 10.0. The van der Waals surface area contributed by atoms with Gasteiger partial charge in [0.1, 0.15) is 11.3 Å². The molecule has 0 fully saturated rings. The Morgan fingerprint density at radius 2 is 1.92 bits per heavy atom. The molecule has 0 N–H and O–H groups in total. The fourth-order valence-electron chi connectivity index (χ4n) is 3.24. The second kappa shape index (κ2) is 6.69. The first-order valence-electron chi connectivity index (χ1n) is 8.09. The van der Waals surface area contributed by atoms with Crippen LogP contribution in [0.5, 0.6) is 5.75 Å². The highest BCUT2D eigenvalue weighted by molar-refractivity contribution is 6.36. The van der Waals surface area contributed by atoms with Crippen LogP contribution in [0.2, 0.25) is 15.1 Å². The van der Waals surface area contributed by atoms with Gasteiger partial charge in [0.05, 0.1) is 27.8 Å². The minimum Gasteiger partial charge on any atom is -0.471 e. The average Bonchev–Trinajstić information content (AvgIpc) is 2.61. The topological polar surface area (TPSA) is 42.7 Å². The lowest BCUT2D eigenvalue weighted by molar-refractivity contribution is 0.289. The highest BCUT2D eigenvalue weighted by Gasteiger charge is 2.26. The summed E-state index contributed by atoms with van der Waals surface area (Å²) in [6.07, 6.45) is 0.699. The molecule has 0 aliphatic carbocycles. The van der Waals surface area contributed by atoms with Crippen LogP contribution in [0.4, 0.5) is 5.69 Å². The summed E-state index contributed by atoms with van der Waals surface area (Å²) < 4.78 is 11.4. The fourth-order valence-corrected chi connectivity index (χ4v) is 4.04. The number of rotatable bonds is 2. The first-order chi connectivity index (χ1) is 12.5. The number of anilines is 1. The van der Waals surface area contributed by atoms with Crippen molar-refractivity contribution >= 4 is 51.5 Å². The molecule has 0 radical (unpaired) electrons. The van der Waals surface area contributed by atoms with E-state index in [-0.39, 0.29) is 12.4 Å². The van der Waals surface area contributed by atoms with Gasteiger partial charge < -0.3 is 14.1 Å². The molecule has 2 aromatic carbocycles. The van der Waals surface area contributed by atoms with Crippen LogP contribution in [-0.2, 0) is 13.0 Å². The Bertz CT molecular complexity index is 1080. The van der Waals surface area contributed by atoms with Crippen LogP contribution in [0.15, 0.2) is 39.5 Å². The van der Waals surface area contributed by atoms with E-state index < -0.39 is 0 Å². The third-order valence-corrected chi connectivity index (χ3v) is 5.29. The molecular weight excluding hydrogens is 397 g/mol. The van der Waals surface area contributed by atoms with E-state index in [4.69, 9.17) is 44.0 Å². The van der Waals surface area contributed by atoms with Gasteiger partial charge in [0.25, 0.3) is 0 Å². The maximum atomic E-state index is 12.0. The molecular formula is C19H14Cl3NO3. The van der Waals surface area contributed by atoms with Gasteiger partial charge in [-0.1, -0.05) is 41.7 Å². The molecule has 0 spiro atoms. The number of aryl methyl sites for hydroxylation is 1.